The lowest BCUT2D eigenvalue weighted by Crippen LogP contribution is -2.23. The Balaban J connectivity index is 1.92. The summed E-state index contributed by atoms with van der Waals surface area (Å²) in [5, 5.41) is 11.4. The molecule has 2 heterocycles. The summed E-state index contributed by atoms with van der Waals surface area (Å²) in [4.78, 5) is 4.54. The summed E-state index contributed by atoms with van der Waals surface area (Å²) in [7, 11) is 0. The highest BCUT2D eigenvalue weighted by Gasteiger charge is 2.26. The van der Waals surface area contributed by atoms with Crippen LogP contribution in [0, 0.1) is 0 Å². The van der Waals surface area contributed by atoms with Gasteiger partial charge in [-0.1, -0.05) is 12.1 Å². The predicted octanol–water partition coefficient (Wildman–Crippen LogP) is 3.34. The van der Waals surface area contributed by atoms with Gasteiger partial charge in [0.25, 0.3) is 0 Å². The highest BCUT2D eigenvalue weighted by molar-refractivity contribution is 7.18. The molecule has 3 rings (SSSR count). The molecule has 0 aliphatic carbocycles. The second-order valence-corrected chi connectivity index (χ2v) is 5.65. The van der Waals surface area contributed by atoms with Gasteiger partial charge in [0.05, 0.1) is 33.4 Å². The summed E-state index contributed by atoms with van der Waals surface area (Å²) in [6, 6.07) is 9.79. The zero-order chi connectivity index (χ0) is 12.6. The molecule has 1 unspecified atom stereocenters. The van der Waals surface area contributed by atoms with E-state index in [4.69, 9.17) is 4.42 Å². The Morgan fingerprint density at radius 1 is 1.33 bits per heavy atom. The maximum absolute atomic E-state index is 10.5. The summed E-state index contributed by atoms with van der Waals surface area (Å²) in [5.74, 6) is 0. The van der Waals surface area contributed by atoms with E-state index in [0.717, 1.165) is 20.8 Å². The molecular formula is C14H13NO2S. The average molecular weight is 259 g/mol. The predicted molar refractivity (Wildman–Crippen MR) is 71.6 cm³/mol. The van der Waals surface area contributed by atoms with E-state index in [-0.39, 0.29) is 0 Å². The van der Waals surface area contributed by atoms with Crippen LogP contribution in [0.25, 0.3) is 10.2 Å². The van der Waals surface area contributed by atoms with Gasteiger partial charge in [-0.3, -0.25) is 0 Å². The van der Waals surface area contributed by atoms with Crippen LogP contribution in [-0.2, 0) is 12.0 Å². The van der Waals surface area contributed by atoms with Crippen molar-refractivity contribution in [1.82, 2.24) is 4.98 Å². The van der Waals surface area contributed by atoms with Crippen molar-refractivity contribution in [2.45, 2.75) is 18.9 Å². The minimum atomic E-state index is -0.944. The van der Waals surface area contributed by atoms with E-state index in [2.05, 4.69) is 4.98 Å². The molecule has 18 heavy (non-hydrogen) atoms. The smallest absolute Gasteiger partial charge is 0.0970 e. The first-order chi connectivity index (χ1) is 8.65. The van der Waals surface area contributed by atoms with Gasteiger partial charge in [-0.25, -0.2) is 4.98 Å². The Morgan fingerprint density at radius 3 is 2.89 bits per heavy atom. The molecule has 1 atom stereocenters. The third-order valence-corrected chi connectivity index (χ3v) is 4.01. The van der Waals surface area contributed by atoms with Crippen LogP contribution in [0.2, 0.25) is 0 Å². The van der Waals surface area contributed by atoms with Crippen molar-refractivity contribution in [3.8, 4) is 0 Å². The lowest BCUT2D eigenvalue weighted by Gasteiger charge is -2.19. The van der Waals surface area contributed by atoms with Crippen molar-refractivity contribution in [2.24, 2.45) is 0 Å². The number of nitrogens with zero attached hydrogens (tertiary/aromatic N) is 1. The van der Waals surface area contributed by atoms with Crippen molar-refractivity contribution < 1.29 is 9.52 Å². The van der Waals surface area contributed by atoms with Crippen LogP contribution in [0.1, 0.15) is 17.5 Å². The molecule has 3 aromatic rings. The van der Waals surface area contributed by atoms with Crippen LogP contribution < -0.4 is 0 Å². The molecule has 92 valence electrons. The van der Waals surface area contributed by atoms with Crippen LogP contribution in [-0.4, -0.2) is 10.1 Å². The van der Waals surface area contributed by atoms with Crippen molar-refractivity contribution in [3.05, 3.63) is 53.4 Å². The average Bonchev–Trinajstić information content (AvgIpc) is 2.96. The number of hydrogen-bond donors (Lipinski definition) is 1. The number of benzene rings is 1. The minimum Gasteiger partial charge on any atom is -0.472 e. The Labute approximate surface area is 109 Å². The van der Waals surface area contributed by atoms with Crippen molar-refractivity contribution >= 4 is 21.6 Å². The molecule has 4 heteroatoms. The highest BCUT2D eigenvalue weighted by atomic mass is 32.1. The van der Waals surface area contributed by atoms with Crippen molar-refractivity contribution in [1.29, 1.82) is 0 Å². The molecule has 2 aromatic heterocycles. The number of para-hydroxylation sites is 1. The normalized spacial score (nSPS) is 14.8. The van der Waals surface area contributed by atoms with E-state index >= 15 is 0 Å². The lowest BCUT2D eigenvalue weighted by atomic mass is 9.96. The number of furan rings is 1. The second-order valence-electron chi connectivity index (χ2n) is 4.54. The molecule has 0 saturated heterocycles. The van der Waals surface area contributed by atoms with Gasteiger partial charge in [-0.05, 0) is 25.1 Å². The molecule has 0 aliphatic rings. The fourth-order valence-corrected chi connectivity index (χ4v) is 3.08. The third kappa shape index (κ3) is 2.05. The first-order valence-corrected chi connectivity index (χ1v) is 6.56. The summed E-state index contributed by atoms with van der Waals surface area (Å²) in [5.41, 5.74) is 0.822. The zero-order valence-electron chi connectivity index (χ0n) is 9.96. The Hall–Kier alpha value is -1.65. The first kappa shape index (κ1) is 11.4. The van der Waals surface area contributed by atoms with Gasteiger partial charge in [0.2, 0.25) is 0 Å². The molecule has 1 aromatic carbocycles. The highest BCUT2D eigenvalue weighted by Crippen LogP contribution is 2.29. The topological polar surface area (TPSA) is 46.3 Å². The summed E-state index contributed by atoms with van der Waals surface area (Å²) >= 11 is 1.62. The van der Waals surface area contributed by atoms with Gasteiger partial charge in [-0.15, -0.1) is 11.3 Å². The van der Waals surface area contributed by atoms with Crippen molar-refractivity contribution in [3.63, 3.8) is 0 Å². The van der Waals surface area contributed by atoms with Crippen LogP contribution in [0.5, 0.6) is 0 Å². The van der Waals surface area contributed by atoms with Gasteiger partial charge in [-0.2, -0.15) is 0 Å². The number of aliphatic hydroxyl groups is 1. The van der Waals surface area contributed by atoms with Gasteiger partial charge < -0.3 is 9.52 Å². The van der Waals surface area contributed by atoms with E-state index in [9.17, 15) is 5.11 Å². The van der Waals surface area contributed by atoms with E-state index in [1.165, 1.54) is 0 Å². The molecular weight excluding hydrogens is 246 g/mol. The lowest BCUT2D eigenvalue weighted by molar-refractivity contribution is 0.0570. The molecule has 3 nitrogen and oxygen atoms in total. The molecule has 0 fully saturated rings. The molecule has 0 bridgehead atoms. The summed E-state index contributed by atoms with van der Waals surface area (Å²) in [6.07, 6.45) is 3.64. The molecule has 0 amide bonds. The van der Waals surface area contributed by atoms with Crippen LogP contribution in [0.4, 0.5) is 0 Å². The fourth-order valence-electron chi connectivity index (χ4n) is 1.96. The van der Waals surface area contributed by atoms with Crippen molar-refractivity contribution in [2.75, 3.05) is 0 Å². The number of rotatable bonds is 3. The van der Waals surface area contributed by atoms with Crippen LogP contribution in [0.15, 0.2) is 47.3 Å². The first-order valence-electron chi connectivity index (χ1n) is 5.75. The maximum atomic E-state index is 10.5. The van der Waals surface area contributed by atoms with Gasteiger partial charge in [0, 0.05) is 12.0 Å². The fraction of sp³-hybridized carbons (Fsp3) is 0.214. The Morgan fingerprint density at radius 2 is 2.17 bits per heavy atom. The van der Waals surface area contributed by atoms with Crippen LogP contribution in [0.3, 0.4) is 0 Å². The molecule has 0 spiro atoms. The minimum absolute atomic E-state index is 0.492. The SMILES string of the molecule is CC(O)(Cc1nc2ccccc2s1)c1ccoc1. The van der Waals surface area contributed by atoms with Gasteiger partial charge in [0.15, 0.2) is 0 Å². The van der Waals surface area contributed by atoms with Crippen LogP contribution >= 0.6 is 11.3 Å². The third-order valence-electron chi connectivity index (χ3n) is 2.98. The van der Waals surface area contributed by atoms with E-state index < -0.39 is 5.60 Å². The summed E-state index contributed by atoms with van der Waals surface area (Å²) < 4.78 is 6.17. The largest absolute Gasteiger partial charge is 0.472 e. The number of aromatic nitrogens is 1. The molecule has 1 N–H and O–H groups in total. The number of fused-ring (bicyclic) bond motifs is 1. The number of hydrogen-bond acceptors (Lipinski definition) is 4. The standard InChI is InChI=1S/C14H13NO2S/c1-14(16,10-6-7-17-9-10)8-13-15-11-4-2-3-5-12(11)18-13/h2-7,9,16H,8H2,1H3. The zero-order valence-corrected chi connectivity index (χ0v) is 10.8. The van der Waals surface area contributed by atoms with E-state index in [1.807, 2.05) is 24.3 Å². The molecule has 0 saturated carbocycles. The van der Waals surface area contributed by atoms with Gasteiger partial charge >= 0.3 is 0 Å². The quantitative estimate of drug-likeness (QED) is 0.784. The second kappa shape index (κ2) is 4.23. The molecule has 0 radical (unpaired) electrons. The monoisotopic (exact) mass is 259 g/mol. The van der Waals surface area contributed by atoms with E-state index in [1.54, 1.807) is 36.9 Å². The van der Waals surface area contributed by atoms with E-state index in [0.29, 0.717) is 6.42 Å². The summed E-state index contributed by atoms with van der Waals surface area (Å²) in [6.45, 7) is 1.78. The maximum Gasteiger partial charge on any atom is 0.0970 e. The Bertz CT molecular complexity index is 622. The molecule has 0 aliphatic heterocycles. The van der Waals surface area contributed by atoms with Gasteiger partial charge in [0.1, 0.15) is 0 Å². The number of thiazole rings is 1. The Kier molecular flexibility index (Phi) is 2.69.